The minimum atomic E-state index is 0.380. The molecule has 1 radical (unpaired) electrons. The molecule has 0 aliphatic heterocycles. The Kier molecular flexibility index (Phi) is 1.63. The first-order chi connectivity index (χ1) is 5.90. The Balaban J connectivity index is 2.67. The maximum absolute atomic E-state index is 4.88. The Morgan fingerprint density at radius 1 is 1.50 bits per heavy atom. The topological polar surface area (TPSA) is 35.0 Å². The molecule has 3 nitrogen and oxygen atoms in total. The SMILES string of the molecule is COc1ncc2ccc[c]c2n1. The van der Waals surface area contributed by atoms with E-state index in [1.807, 2.05) is 18.2 Å². The van der Waals surface area contributed by atoms with Crippen LogP contribution in [-0.4, -0.2) is 17.1 Å². The van der Waals surface area contributed by atoms with Crippen LogP contribution in [-0.2, 0) is 0 Å². The van der Waals surface area contributed by atoms with Gasteiger partial charge >= 0.3 is 6.01 Å². The predicted octanol–water partition coefficient (Wildman–Crippen LogP) is 1.44. The number of hydrogen-bond donors (Lipinski definition) is 0. The van der Waals surface area contributed by atoms with Crippen molar-refractivity contribution in [3.63, 3.8) is 0 Å². The highest BCUT2D eigenvalue weighted by molar-refractivity contribution is 5.76. The second-order valence-electron chi connectivity index (χ2n) is 2.33. The van der Waals surface area contributed by atoms with Crippen molar-refractivity contribution in [1.82, 2.24) is 9.97 Å². The van der Waals surface area contributed by atoms with Gasteiger partial charge in [0, 0.05) is 17.6 Å². The summed E-state index contributed by atoms with van der Waals surface area (Å²) in [5.74, 6) is 0. The van der Waals surface area contributed by atoms with Gasteiger partial charge in [-0.15, -0.1) is 0 Å². The average Bonchev–Trinajstić information content (AvgIpc) is 2.17. The van der Waals surface area contributed by atoms with Crippen LogP contribution in [0.5, 0.6) is 6.01 Å². The summed E-state index contributed by atoms with van der Waals surface area (Å²) >= 11 is 0. The van der Waals surface area contributed by atoms with E-state index in [0.717, 1.165) is 10.9 Å². The molecule has 0 aliphatic carbocycles. The van der Waals surface area contributed by atoms with Gasteiger partial charge in [0.1, 0.15) is 0 Å². The number of aromatic nitrogens is 2. The third kappa shape index (κ3) is 1.09. The first-order valence-corrected chi connectivity index (χ1v) is 3.57. The molecule has 2 rings (SSSR count). The van der Waals surface area contributed by atoms with Gasteiger partial charge < -0.3 is 4.74 Å². The zero-order chi connectivity index (χ0) is 8.39. The Hall–Kier alpha value is -1.64. The molecule has 0 fully saturated rings. The molecule has 0 saturated heterocycles. The maximum Gasteiger partial charge on any atom is 0.316 e. The normalized spacial score (nSPS) is 10.1. The first-order valence-electron chi connectivity index (χ1n) is 3.57. The van der Waals surface area contributed by atoms with E-state index in [4.69, 9.17) is 4.74 Å². The van der Waals surface area contributed by atoms with Crippen LogP contribution in [0, 0.1) is 6.07 Å². The molecule has 1 aromatic carbocycles. The molecule has 0 unspecified atom stereocenters. The summed E-state index contributed by atoms with van der Waals surface area (Å²) in [7, 11) is 1.55. The number of hydrogen-bond acceptors (Lipinski definition) is 3. The van der Waals surface area contributed by atoms with Gasteiger partial charge in [-0.05, 0) is 0 Å². The second kappa shape index (κ2) is 2.77. The van der Waals surface area contributed by atoms with Crippen molar-refractivity contribution in [2.75, 3.05) is 7.11 Å². The molecule has 12 heavy (non-hydrogen) atoms. The molecule has 1 aromatic heterocycles. The van der Waals surface area contributed by atoms with E-state index >= 15 is 0 Å². The van der Waals surface area contributed by atoms with Crippen LogP contribution < -0.4 is 4.74 Å². The van der Waals surface area contributed by atoms with Gasteiger partial charge in [-0.25, -0.2) is 4.98 Å². The van der Waals surface area contributed by atoms with E-state index in [-0.39, 0.29) is 0 Å². The molecular weight excluding hydrogens is 152 g/mol. The molecule has 59 valence electrons. The third-order valence-corrected chi connectivity index (χ3v) is 1.57. The van der Waals surface area contributed by atoms with Crippen LogP contribution in [0.1, 0.15) is 0 Å². The van der Waals surface area contributed by atoms with Crippen molar-refractivity contribution in [2.24, 2.45) is 0 Å². The molecule has 0 aliphatic rings. The lowest BCUT2D eigenvalue weighted by atomic mass is 10.2. The number of benzene rings is 1. The number of methoxy groups -OCH3 is 1. The Morgan fingerprint density at radius 3 is 3.25 bits per heavy atom. The lowest BCUT2D eigenvalue weighted by molar-refractivity contribution is 0.382. The van der Waals surface area contributed by atoms with E-state index in [0.29, 0.717) is 6.01 Å². The van der Waals surface area contributed by atoms with E-state index in [1.54, 1.807) is 13.3 Å². The van der Waals surface area contributed by atoms with Crippen LogP contribution >= 0.6 is 0 Å². The van der Waals surface area contributed by atoms with Gasteiger partial charge in [0.15, 0.2) is 0 Å². The fourth-order valence-electron chi connectivity index (χ4n) is 0.990. The first kappa shape index (κ1) is 7.03. The zero-order valence-electron chi connectivity index (χ0n) is 6.61. The van der Waals surface area contributed by atoms with Crippen LogP contribution in [0.3, 0.4) is 0 Å². The minimum Gasteiger partial charge on any atom is -0.467 e. The highest BCUT2D eigenvalue weighted by atomic mass is 16.5. The standard InChI is InChI=1S/C9H7N2O/c1-12-9-10-6-7-4-2-3-5-8(7)11-9/h2-4,6H,1H3. The largest absolute Gasteiger partial charge is 0.467 e. The molecule has 0 spiro atoms. The van der Waals surface area contributed by atoms with Crippen molar-refractivity contribution >= 4 is 10.9 Å². The highest BCUT2D eigenvalue weighted by Gasteiger charge is 1.96. The van der Waals surface area contributed by atoms with Gasteiger partial charge in [0.2, 0.25) is 0 Å². The predicted molar refractivity (Wildman–Crippen MR) is 44.9 cm³/mol. The number of nitrogens with zero attached hydrogens (tertiary/aromatic N) is 2. The van der Waals surface area contributed by atoms with Crippen LogP contribution in [0.15, 0.2) is 24.4 Å². The number of ether oxygens (including phenoxy) is 1. The zero-order valence-corrected chi connectivity index (χ0v) is 6.61. The van der Waals surface area contributed by atoms with Gasteiger partial charge in [0.05, 0.1) is 12.6 Å². The van der Waals surface area contributed by atoms with Crippen molar-refractivity contribution in [2.45, 2.75) is 0 Å². The average molecular weight is 159 g/mol. The van der Waals surface area contributed by atoms with E-state index in [1.165, 1.54) is 0 Å². The summed E-state index contributed by atoms with van der Waals surface area (Å²) in [4.78, 5) is 8.08. The lowest BCUT2D eigenvalue weighted by Gasteiger charge is -1.98. The molecule has 0 bridgehead atoms. The van der Waals surface area contributed by atoms with E-state index in [2.05, 4.69) is 16.0 Å². The summed E-state index contributed by atoms with van der Waals surface area (Å²) in [6.07, 6.45) is 1.72. The molecule has 2 aromatic rings. The second-order valence-corrected chi connectivity index (χ2v) is 2.33. The van der Waals surface area contributed by atoms with Crippen LogP contribution in [0.25, 0.3) is 10.9 Å². The minimum absolute atomic E-state index is 0.380. The number of fused-ring (bicyclic) bond motifs is 1. The van der Waals surface area contributed by atoms with E-state index < -0.39 is 0 Å². The Bertz CT molecular complexity index is 400. The number of rotatable bonds is 1. The Morgan fingerprint density at radius 2 is 2.42 bits per heavy atom. The summed E-state index contributed by atoms with van der Waals surface area (Å²) in [6.45, 7) is 0. The molecule has 3 heteroatoms. The third-order valence-electron chi connectivity index (χ3n) is 1.57. The summed E-state index contributed by atoms with van der Waals surface area (Å²) in [6, 6.07) is 9.02. The summed E-state index contributed by atoms with van der Waals surface area (Å²) < 4.78 is 4.88. The summed E-state index contributed by atoms with van der Waals surface area (Å²) in [5, 5.41) is 0.971. The molecule has 0 atom stereocenters. The molecule has 0 saturated carbocycles. The lowest BCUT2D eigenvalue weighted by Crippen LogP contribution is -1.91. The fourth-order valence-corrected chi connectivity index (χ4v) is 0.990. The van der Waals surface area contributed by atoms with Crippen molar-refractivity contribution in [3.8, 4) is 6.01 Å². The van der Waals surface area contributed by atoms with Gasteiger partial charge in [-0.2, -0.15) is 4.98 Å². The van der Waals surface area contributed by atoms with Crippen molar-refractivity contribution < 1.29 is 4.74 Å². The monoisotopic (exact) mass is 159 g/mol. The van der Waals surface area contributed by atoms with Crippen LogP contribution in [0.2, 0.25) is 0 Å². The highest BCUT2D eigenvalue weighted by Crippen LogP contribution is 2.11. The van der Waals surface area contributed by atoms with Gasteiger partial charge in [-0.1, -0.05) is 18.2 Å². The quantitative estimate of drug-likeness (QED) is 0.631. The Labute approximate surface area is 70.0 Å². The summed E-state index contributed by atoms with van der Waals surface area (Å²) in [5.41, 5.74) is 0.782. The van der Waals surface area contributed by atoms with Gasteiger partial charge in [-0.3, -0.25) is 0 Å². The van der Waals surface area contributed by atoms with Crippen molar-refractivity contribution in [3.05, 3.63) is 30.5 Å². The van der Waals surface area contributed by atoms with E-state index in [9.17, 15) is 0 Å². The molecule has 0 N–H and O–H groups in total. The van der Waals surface area contributed by atoms with Crippen molar-refractivity contribution in [1.29, 1.82) is 0 Å². The molecule has 1 heterocycles. The maximum atomic E-state index is 4.88. The van der Waals surface area contributed by atoms with Gasteiger partial charge in [0.25, 0.3) is 0 Å². The van der Waals surface area contributed by atoms with Crippen LogP contribution in [0.4, 0.5) is 0 Å². The fraction of sp³-hybridized carbons (Fsp3) is 0.111. The number of para-hydroxylation sites is 1. The smallest absolute Gasteiger partial charge is 0.316 e. The molecule has 0 amide bonds. The molecular formula is C9H7N2O.